The molecular formula is C16H16N2O. The molecule has 1 aliphatic heterocycles. The van der Waals surface area contributed by atoms with Gasteiger partial charge in [0.2, 0.25) is 5.78 Å². The summed E-state index contributed by atoms with van der Waals surface area (Å²) in [5.74, 6) is 0.112. The Morgan fingerprint density at radius 2 is 1.53 bits per heavy atom. The van der Waals surface area contributed by atoms with Crippen LogP contribution in [-0.4, -0.2) is 29.3 Å². The number of ketones is 1. The summed E-state index contributed by atoms with van der Waals surface area (Å²) in [4.78, 5) is 22.2. The van der Waals surface area contributed by atoms with Crippen molar-refractivity contribution in [2.24, 2.45) is 9.98 Å². The normalized spacial score (nSPS) is 28.7. The third kappa shape index (κ3) is 1.68. The summed E-state index contributed by atoms with van der Waals surface area (Å²) in [5, 5.41) is 0. The molecule has 2 aliphatic carbocycles. The van der Waals surface area contributed by atoms with E-state index in [4.69, 9.17) is 9.98 Å². The monoisotopic (exact) mass is 252 g/mol. The first-order valence-corrected chi connectivity index (χ1v) is 7.10. The molecule has 96 valence electrons. The van der Waals surface area contributed by atoms with Crippen molar-refractivity contribution in [3.8, 4) is 0 Å². The fourth-order valence-electron chi connectivity index (χ4n) is 3.44. The third-order valence-electron chi connectivity index (χ3n) is 4.42. The zero-order chi connectivity index (χ0) is 12.8. The second-order valence-electron chi connectivity index (χ2n) is 5.62. The minimum absolute atomic E-state index is 0.112. The first kappa shape index (κ1) is 11.1. The van der Waals surface area contributed by atoms with Crippen molar-refractivity contribution in [3.63, 3.8) is 0 Å². The highest BCUT2D eigenvalue weighted by Crippen LogP contribution is 2.31. The number of aliphatic imine (C=N–C) groups is 2. The van der Waals surface area contributed by atoms with Gasteiger partial charge in [0.25, 0.3) is 0 Å². The van der Waals surface area contributed by atoms with Crippen molar-refractivity contribution >= 4 is 17.2 Å². The highest BCUT2D eigenvalue weighted by atomic mass is 16.1. The fraction of sp³-hybridized carbons (Fsp3) is 0.438. The van der Waals surface area contributed by atoms with Crippen molar-refractivity contribution in [3.05, 3.63) is 35.4 Å². The number of nitrogens with zero attached hydrogens (tertiary/aromatic N) is 2. The average Bonchev–Trinajstić information content (AvgIpc) is 2.63. The maximum atomic E-state index is 12.5. The summed E-state index contributed by atoms with van der Waals surface area (Å²) < 4.78 is 0. The number of hydrogen-bond donors (Lipinski definition) is 0. The van der Waals surface area contributed by atoms with Crippen LogP contribution in [0.25, 0.3) is 0 Å². The Labute approximate surface area is 112 Å². The lowest BCUT2D eigenvalue weighted by atomic mass is 9.87. The molecule has 1 heterocycles. The third-order valence-corrected chi connectivity index (χ3v) is 4.42. The van der Waals surface area contributed by atoms with Crippen LogP contribution in [0, 0.1) is 0 Å². The number of rotatable bonds is 0. The van der Waals surface area contributed by atoms with E-state index in [0.29, 0.717) is 12.5 Å². The quantitative estimate of drug-likeness (QED) is 0.700. The van der Waals surface area contributed by atoms with E-state index >= 15 is 0 Å². The summed E-state index contributed by atoms with van der Waals surface area (Å²) in [6.07, 6.45) is 5.26. The van der Waals surface area contributed by atoms with Gasteiger partial charge in [-0.05, 0) is 12.8 Å². The molecule has 3 heteroatoms. The molecule has 0 amide bonds. The van der Waals surface area contributed by atoms with Gasteiger partial charge in [0.15, 0.2) is 0 Å². The zero-order valence-electron chi connectivity index (χ0n) is 10.8. The molecule has 1 aromatic carbocycles. The summed E-state index contributed by atoms with van der Waals surface area (Å²) in [6.45, 7) is 0. The topological polar surface area (TPSA) is 41.8 Å². The molecule has 2 atom stereocenters. The number of carbonyl (C=O) groups is 1. The van der Waals surface area contributed by atoms with E-state index < -0.39 is 0 Å². The van der Waals surface area contributed by atoms with E-state index in [2.05, 4.69) is 0 Å². The maximum Gasteiger partial charge on any atom is 0.207 e. The van der Waals surface area contributed by atoms with Crippen LogP contribution in [0.2, 0.25) is 0 Å². The fourth-order valence-corrected chi connectivity index (χ4v) is 3.44. The molecule has 0 saturated heterocycles. The number of carbonyl (C=O) groups excluding carboxylic acids is 1. The lowest BCUT2D eigenvalue weighted by Crippen LogP contribution is -2.28. The second kappa shape index (κ2) is 4.12. The Morgan fingerprint density at radius 3 is 2.26 bits per heavy atom. The Balaban J connectivity index is 1.91. The van der Waals surface area contributed by atoms with E-state index in [1.54, 1.807) is 0 Å². The summed E-state index contributed by atoms with van der Waals surface area (Å²) in [5.41, 5.74) is 3.61. The Morgan fingerprint density at radius 1 is 0.895 bits per heavy atom. The summed E-state index contributed by atoms with van der Waals surface area (Å²) in [7, 11) is 0. The average molecular weight is 252 g/mol. The molecule has 2 bridgehead atoms. The van der Waals surface area contributed by atoms with Gasteiger partial charge in [0.05, 0.1) is 17.8 Å². The molecule has 4 rings (SSSR count). The number of fused-ring (bicyclic) bond motifs is 5. The zero-order valence-corrected chi connectivity index (χ0v) is 10.8. The van der Waals surface area contributed by atoms with Crippen LogP contribution in [0.1, 0.15) is 48.0 Å². The lowest BCUT2D eigenvalue weighted by Gasteiger charge is -2.24. The van der Waals surface area contributed by atoms with Gasteiger partial charge >= 0.3 is 0 Å². The van der Waals surface area contributed by atoms with Crippen LogP contribution in [0.5, 0.6) is 0 Å². The summed E-state index contributed by atoms with van der Waals surface area (Å²) >= 11 is 0. The van der Waals surface area contributed by atoms with E-state index in [1.165, 1.54) is 12.8 Å². The molecule has 0 N–H and O–H groups in total. The van der Waals surface area contributed by atoms with Crippen molar-refractivity contribution in [2.45, 2.75) is 44.2 Å². The Kier molecular flexibility index (Phi) is 2.40. The Bertz CT molecular complexity index is 615. The highest BCUT2D eigenvalue weighted by Gasteiger charge is 2.34. The van der Waals surface area contributed by atoms with E-state index in [1.807, 2.05) is 24.3 Å². The van der Waals surface area contributed by atoms with Crippen LogP contribution in [0.3, 0.4) is 0 Å². The van der Waals surface area contributed by atoms with Gasteiger partial charge in [-0.1, -0.05) is 37.1 Å². The molecule has 3 nitrogen and oxygen atoms in total. The molecule has 19 heavy (non-hydrogen) atoms. The van der Waals surface area contributed by atoms with Crippen molar-refractivity contribution in [1.82, 2.24) is 0 Å². The largest absolute Gasteiger partial charge is 0.287 e. The van der Waals surface area contributed by atoms with Crippen LogP contribution in [0.15, 0.2) is 34.3 Å². The van der Waals surface area contributed by atoms with E-state index in [-0.39, 0.29) is 11.8 Å². The molecule has 0 radical (unpaired) electrons. The van der Waals surface area contributed by atoms with E-state index in [0.717, 1.165) is 35.4 Å². The van der Waals surface area contributed by atoms with E-state index in [9.17, 15) is 4.79 Å². The van der Waals surface area contributed by atoms with Crippen molar-refractivity contribution < 1.29 is 4.79 Å². The molecule has 0 aromatic heterocycles. The van der Waals surface area contributed by atoms with Gasteiger partial charge in [0, 0.05) is 23.3 Å². The minimum atomic E-state index is 0.112. The van der Waals surface area contributed by atoms with Crippen molar-refractivity contribution in [1.29, 1.82) is 0 Å². The number of benzene rings is 1. The van der Waals surface area contributed by atoms with Gasteiger partial charge in [0.1, 0.15) is 0 Å². The molecule has 2 unspecified atom stereocenters. The molecule has 3 aliphatic rings. The predicted molar refractivity (Wildman–Crippen MR) is 75.4 cm³/mol. The predicted octanol–water partition coefficient (Wildman–Crippen LogP) is 2.83. The molecular weight excluding hydrogens is 236 g/mol. The second-order valence-corrected chi connectivity index (χ2v) is 5.62. The van der Waals surface area contributed by atoms with Crippen LogP contribution >= 0.6 is 0 Å². The van der Waals surface area contributed by atoms with Gasteiger partial charge in [-0.2, -0.15) is 0 Å². The summed E-state index contributed by atoms with van der Waals surface area (Å²) in [6, 6.07) is 8.35. The number of hydrogen-bond acceptors (Lipinski definition) is 3. The first-order valence-electron chi connectivity index (χ1n) is 7.10. The van der Waals surface area contributed by atoms with Crippen LogP contribution in [-0.2, 0) is 0 Å². The van der Waals surface area contributed by atoms with Crippen LogP contribution < -0.4 is 0 Å². The molecule has 1 fully saturated rings. The first-order chi connectivity index (χ1) is 9.33. The highest BCUT2D eigenvalue weighted by molar-refractivity contribution is 6.53. The van der Waals surface area contributed by atoms with Crippen molar-refractivity contribution in [2.75, 3.05) is 0 Å². The van der Waals surface area contributed by atoms with Crippen LogP contribution in [0.4, 0.5) is 0 Å². The lowest BCUT2D eigenvalue weighted by molar-refractivity contribution is 0.106. The van der Waals surface area contributed by atoms with Gasteiger partial charge in [-0.3, -0.25) is 14.8 Å². The standard InChI is InChI=1S/C16H16N2O/c19-16-11-6-2-1-5-10(11)14-9-15(16)18-13-8-4-3-7-12(13)17-14/h1-2,5-6,12-13H,3-4,7-9H2. The molecule has 0 spiro atoms. The van der Waals surface area contributed by atoms with Gasteiger partial charge < -0.3 is 0 Å². The smallest absolute Gasteiger partial charge is 0.207 e. The van der Waals surface area contributed by atoms with Gasteiger partial charge in [-0.25, -0.2) is 0 Å². The Hall–Kier alpha value is -1.77. The minimum Gasteiger partial charge on any atom is -0.287 e. The SMILES string of the molecule is O=C1C2=NC3CCCCC3N=C(C2)c2ccccc21. The van der Waals surface area contributed by atoms with Gasteiger partial charge in [-0.15, -0.1) is 0 Å². The number of Topliss-reactive ketones (excluding diaryl/α,β-unsaturated/α-hetero) is 1. The molecule has 1 saturated carbocycles. The maximum absolute atomic E-state index is 12.5. The molecule has 1 aromatic rings.